The van der Waals surface area contributed by atoms with Gasteiger partial charge in [0.2, 0.25) is 0 Å². The molecule has 1 N–H and O–H groups in total. The second kappa shape index (κ2) is 7.22. The van der Waals surface area contributed by atoms with Crippen molar-refractivity contribution in [2.45, 2.75) is 44.7 Å². The minimum Gasteiger partial charge on any atom is -0.489 e. The fourth-order valence-corrected chi connectivity index (χ4v) is 2.50. The molecule has 0 radical (unpaired) electrons. The number of nitrogens with one attached hydrogen (secondary N) is 1. The quantitative estimate of drug-likeness (QED) is 0.772. The monoisotopic (exact) mass is 245 g/mol. The first-order valence-corrected chi connectivity index (χ1v) is 6.95. The van der Waals surface area contributed by atoms with Gasteiger partial charge in [0.15, 0.2) is 0 Å². The lowest BCUT2D eigenvalue weighted by Gasteiger charge is -2.23. The number of ether oxygens (including phenoxy) is 1. The molecule has 2 rings (SSSR count). The van der Waals surface area contributed by atoms with Crippen LogP contribution in [0.5, 0.6) is 5.75 Å². The summed E-state index contributed by atoms with van der Waals surface area (Å²) >= 11 is 0. The summed E-state index contributed by atoms with van der Waals surface area (Å²) in [5, 5.41) is 3.65. The summed E-state index contributed by atoms with van der Waals surface area (Å²) in [5.74, 6) is 0.973. The average Bonchev–Trinajstić information content (AvgIpc) is 2.45. The topological polar surface area (TPSA) is 21.3 Å². The van der Waals surface area contributed by atoms with Crippen molar-refractivity contribution < 1.29 is 4.74 Å². The van der Waals surface area contributed by atoms with E-state index >= 15 is 0 Å². The Balaban J connectivity index is 1.88. The SMILES string of the molecule is C=CCOc1ccccc1CNC1CCCCC1. The fraction of sp³-hybridized carbons (Fsp3) is 0.500. The van der Waals surface area contributed by atoms with Gasteiger partial charge < -0.3 is 10.1 Å². The van der Waals surface area contributed by atoms with Crippen molar-refractivity contribution >= 4 is 0 Å². The lowest BCUT2D eigenvalue weighted by molar-refractivity contribution is 0.347. The van der Waals surface area contributed by atoms with Crippen LogP contribution in [0.4, 0.5) is 0 Å². The molecule has 1 aliphatic carbocycles. The van der Waals surface area contributed by atoms with Crippen LogP contribution in [0.2, 0.25) is 0 Å². The van der Waals surface area contributed by atoms with Gasteiger partial charge in [0.1, 0.15) is 12.4 Å². The Morgan fingerprint density at radius 2 is 2.00 bits per heavy atom. The van der Waals surface area contributed by atoms with Crippen LogP contribution in [0.3, 0.4) is 0 Å². The zero-order valence-corrected chi connectivity index (χ0v) is 11.0. The predicted octanol–water partition coefficient (Wildman–Crippen LogP) is 3.67. The molecule has 0 unspecified atom stereocenters. The summed E-state index contributed by atoms with van der Waals surface area (Å²) in [7, 11) is 0. The second-order valence-electron chi connectivity index (χ2n) is 4.92. The molecule has 0 heterocycles. The zero-order chi connectivity index (χ0) is 12.6. The molecule has 0 aliphatic heterocycles. The standard InChI is InChI=1S/C16H23NO/c1-2-12-18-16-11-7-6-8-14(16)13-17-15-9-4-3-5-10-15/h2,6-8,11,15,17H,1,3-5,9-10,12-13H2. The van der Waals surface area contributed by atoms with Crippen LogP contribution in [0.1, 0.15) is 37.7 Å². The van der Waals surface area contributed by atoms with Crippen molar-refractivity contribution in [1.29, 1.82) is 0 Å². The first-order chi connectivity index (χ1) is 8.90. The van der Waals surface area contributed by atoms with Gasteiger partial charge in [-0.3, -0.25) is 0 Å². The van der Waals surface area contributed by atoms with Crippen LogP contribution in [-0.4, -0.2) is 12.6 Å². The number of benzene rings is 1. The van der Waals surface area contributed by atoms with E-state index in [-0.39, 0.29) is 0 Å². The summed E-state index contributed by atoms with van der Waals surface area (Å²) in [5.41, 5.74) is 1.24. The summed E-state index contributed by atoms with van der Waals surface area (Å²) in [6, 6.07) is 8.93. The Labute approximate surface area is 110 Å². The minimum atomic E-state index is 0.570. The first kappa shape index (κ1) is 13.2. The molecule has 1 aromatic carbocycles. The largest absolute Gasteiger partial charge is 0.489 e. The molecule has 98 valence electrons. The molecule has 2 heteroatoms. The Morgan fingerprint density at radius 3 is 2.78 bits per heavy atom. The van der Waals surface area contributed by atoms with Gasteiger partial charge in [-0.25, -0.2) is 0 Å². The average molecular weight is 245 g/mol. The van der Waals surface area contributed by atoms with Crippen molar-refractivity contribution in [2.24, 2.45) is 0 Å². The van der Waals surface area contributed by atoms with Crippen LogP contribution in [0, 0.1) is 0 Å². The Hall–Kier alpha value is -1.28. The normalized spacial score (nSPS) is 16.4. The summed E-state index contributed by atoms with van der Waals surface area (Å²) in [6.07, 6.45) is 8.55. The van der Waals surface area contributed by atoms with Crippen molar-refractivity contribution in [3.05, 3.63) is 42.5 Å². The highest BCUT2D eigenvalue weighted by atomic mass is 16.5. The molecule has 0 spiro atoms. The van der Waals surface area contributed by atoms with E-state index in [4.69, 9.17) is 4.74 Å². The number of para-hydroxylation sites is 1. The minimum absolute atomic E-state index is 0.570. The summed E-state index contributed by atoms with van der Waals surface area (Å²) in [6.45, 7) is 5.15. The third-order valence-corrected chi connectivity index (χ3v) is 3.52. The number of rotatable bonds is 6. The van der Waals surface area contributed by atoms with Gasteiger partial charge in [-0.15, -0.1) is 0 Å². The van der Waals surface area contributed by atoms with Gasteiger partial charge in [-0.05, 0) is 18.9 Å². The molecule has 2 nitrogen and oxygen atoms in total. The molecule has 0 bridgehead atoms. The maximum Gasteiger partial charge on any atom is 0.124 e. The van der Waals surface area contributed by atoms with E-state index in [1.165, 1.54) is 37.7 Å². The molecular weight excluding hydrogens is 222 g/mol. The van der Waals surface area contributed by atoms with Crippen molar-refractivity contribution in [2.75, 3.05) is 6.61 Å². The molecule has 0 atom stereocenters. The molecule has 18 heavy (non-hydrogen) atoms. The smallest absolute Gasteiger partial charge is 0.124 e. The van der Waals surface area contributed by atoms with Gasteiger partial charge in [0.05, 0.1) is 0 Å². The second-order valence-corrected chi connectivity index (χ2v) is 4.92. The van der Waals surface area contributed by atoms with E-state index < -0.39 is 0 Å². The van der Waals surface area contributed by atoms with Crippen LogP contribution >= 0.6 is 0 Å². The molecular formula is C16H23NO. The fourth-order valence-electron chi connectivity index (χ4n) is 2.50. The molecule has 1 aliphatic rings. The summed E-state index contributed by atoms with van der Waals surface area (Å²) in [4.78, 5) is 0. The Kier molecular flexibility index (Phi) is 5.28. The van der Waals surface area contributed by atoms with Gasteiger partial charge in [-0.2, -0.15) is 0 Å². The third-order valence-electron chi connectivity index (χ3n) is 3.52. The lowest BCUT2D eigenvalue weighted by Crippen LogP contribution is -2.30. The van der Waals surface area contributed by atoms with Gasteiger partial charge in [0.25, 0.3) is 0 Å². The van der Waals surface area contributed by atoms with E-state index in [1.807, 2.05) is 12.1 Å². The van der Waals surface area contributed by atoms with E-state index in [9.17, 15) is 0 Å². The number of hydrogen-bond donors (Lipinski definition) is 1. The Morgan fingerprint density at radius 1 is 1.22 bits per heavy atom. The first-order valence-electron chi connectivity index (χ1n) is 6.95. The highest BCUT2D eigenvalue weighted by molar-refractivity contribution is 5.33. The zero-order valence-electron chi connectivity index (χ0n) is 11.0. The van der Waals surface area contributed by atoms with Crippen molar-refractivity contribution in [1.82, 2.24) is 5.32 Å². The maximum atomic E-state index is 5.67. The van der Waals surface area contributed by atoms with Crippen LogP contribution in [-0.2, 0) is 6.54 Å². The Bertz CT molecular complexity index is 369. The van der Waals surface area contributed by atoms with Gasteiger partial charge in [-0.1, -0.05) is 50.1 Å². The number of hydrogen-bond acceptors (Lipinski definition) is 2. The maximum absolute atomic E-state index is 5.67. The van der Waals surface area contributed by atoms with Crippen molar-refractivity contribution in [3.63, 3.8) is 0 Å². The third kappa shape index (κ3) is 3.88. The lowest BCUT2D eigenvalue weighted by atomic mass is 9.95. The van der Waals surface area contributed by atoms with Gasteiger partial charge in [0, 0.05) is 18.2 Å². The highest BCUT2D eigenvalue weighted by Crippen LogP contribution is 2.21. The molecule has 1 saturated carbocycles. The van der Waals surface area contributed by atoms with E-state index in [0.717, 1.165) is 12.3 Å². The van der Waals surface area contributed by atoms with Crippen LogP contribution in [0.15, 0.2) is 36.9 Å². The predicted molar refractivity (Wildman–Crippen MR) is 75.8 cm³/mol. The summed E-state index contributed by atoms with van der Waals surface area (Å²) < 4.78 is 5.67. The highest BCUT2D eigenvalue weighted by Gasteiger charge is 2.13. The van der Waals surface area contributed by atoms with Gasteiger partial charge >= 0.3 is 0 Å². The van der Waals surface area contributed by atoms with Crippen LogP contribution < -0.4 is 10.1 Å². The van der Waals surface area contributed by atoms with Crippen molar-refractivity contribution in [3.8, 4) is 5.75 Å². The molecule has 1 aromatic rings. The molecule has 0 aromatic heterocycles. The van der Waals surface area contributed by atoms with E-state index in [0.29, 0.717) is 12.6 Å². The molecule has 1 fully saturated rings. The van der Waals surface area contributed by atoms with E-state index in [2.05, 4.69) is 24.0 Å². The molecule has 0 saturated heterocycles. The molecule has 0 amide bonds. The van der Waals surface area contributed by atoms with Crippen LogP contribution in [0.25, 0.3) is 0 Å². The van der Waals surface area contributed by atoms with E-state index in [1.54, 1.807) is 6.08 Å².